The summed E-state index contributed by atoms with van der Waals surface area (Å²) in [6.45, 7) is 0. The van der Waals surface area contributed by atoms with Gasteiger partial charge in [0.05, 0.1) is 10.9 Å². The Balaban J connectivity index is 2.19. The number of nitrogens with two attached hydrogens (primary N) is 1. The van der Waals surface area contributed by atoms with Gasteiger partial charge in [0, 0.05) is 11.8 Å². The summed E-state index contributed by atoms with van der Waals surface area (Å²) in [5.74, 6) is 0.212. The molecule has 18 heavy (non-hydrogen) atoms. The number of hydrogen-bond donors (Lipinski definition) is 2. The molecule has 0 spiro atoms. The fourth-order valence-electron chi connectivity index (χ4n) is 1.91. The number of H-pyrrole nitrogens is 1. The number of anilines is 1. The first kappa shape index (κ1) is 10.5. The maximum atomic E-state index is 12.3. The van der Waals surface area contributed by atoms with Crippen molar-refractivity contribution >= 4 is 22.6 Å². The molecule has 0 fully saturated rings. The summed E-state index contributed by atoms with van der Waals surface area (Å²) in [4.78, 5) is 23.2. The molecular formula is C13H10N4O. The van der Waals surface area contributed by atoms with Gasteiger partial charge in [-0.1, -0.05) is 30.3 Å². The number of benzene rings is 1. The number of nitrogens with one attached hydrogen (secondary N) is 1. The highest BCUT2D eigenvalue weighted by Crippen LogP contribution is 2.23. The van der Waals surface area contributed by atoms with Gasteiger partial charge < -0.3 is 10.7 Å². The lowest BCUT2D eigenvalue weighted by atomic mass is 10.0. The Morgan fingerprint density at radius 2 is 1.94 bits per heavy atom. The third kappa shape index (κ3) is 1.53. The zero-order valence-corrected chi connectivity index (χ0v) is 9.42. The molecule has 0 amide bonds. The van der Waals surface area contributed by atoms with Crippen molar-refractivity contribution in [3.8, 4) is 0 Å². The van der Waals surface area contributed by atoms with E-state index in [-0.39, 0.29) is 5.78 Å². The molecule has 0 aliphatic heterocycles. The zero-order valence-electron chi connectivity index (χ0n) is 9.42. The summed E-state index contributed by atoms with van der Waals surface area (Å²) in [5, 5.41) is 0.575. The highest BCUT2D eigenvalue weighted by Gasteiger charge is 2.16. The molecule has 0 aliphatic carbocycles. The average Bonchev–Trinajstić information content (AvgIpc) is 2.84. The first-order valence-electron chi connectivity index (χ1n) is 5.44. The molecule has 2 aromatic heterocycles. The summed E-state index contributed by atoms with van der Waals surface area (Å²) < 4.78 is 0. The van der Waals surface area contributed by atoms with E-state index in [1.807, 2.05) is 18.2 Å². The lowest BCUT2D eigenvalue weighted by molar-refractivity contribution is 0.104. The van der Waals surface area contributed by atoms with Gasteiger partial charge in [0.1, 0.15) is 17.8 Å². The molecule has 3 rings (SSSR count). The molecule has 0 aliphatic rings. The van der Waals surface area contributed by atoms with E-state index in [0.29, 0.717) is 28.0 Å². The largest absolute Gasteiger partial charge is 0.383 e. The molecule has 0 saturated carbocycles. The molecule has 3 aromatic rings. The number of rotatable bonds is 2. The van der Waals surface area contributed by atoms with Gasteiger partial charge in [-0.2, -0.15) is 0 Å². The molecule has 5 heteroatoms. The van der Waals surface area contributed by atoms with Crippen LogP contribution in [0.15, 0.2) is 42.9 Å². The van der Waals surface area contributed by atoms with Crippen molar-refractivity contribution in [1.29, 1.82) is 0 Å². The summed E-state index contributed by atoms with van der Waals surface area (Å²) in [6.07, 6.45) is 2.98. The Hall–Kier alpha value is -2.69. The molecule has 0 radical (unpaired) electrons. The van der Waals surface area contributed by atoms with Crippen LogP contribution in [-0.2, 0) is 0 Å². The van der Waals surface area contributed by atoms with Crippen molar-refractivity contribution in [2.45, 2.75) is 0 Å². The molecule has 0 unspecified atom stereocenters. The van der Waals surface area contributed by atoms with Gasteiger partial charge in [0.15, 0.2) is 5.78 Å². The second kappa shape index (κ2) is 3.96. The molecule has 88 valence electrons. The van der Waals surface area contributed by atoms with Gasteiger partial charge in [-0.15, -0.1) is 0 Å². The second-order valence-corrected chi connectivity index (χ2v) is 3.88. The number of ketones is 1. The molecule has 2 heterocycles. The predicted octanol–water partition coefficient (Wildman–Crippen LogP) is 1.77. The number of aromatic nitrogens is 3. The summed E-state index contributed by atoms with van der Waals surface area (Å²) in [7, 11) is 0. The fourth-order valence-corrected chi connectivity index (χ4v) is 1.91. The van der Waals surface area contributed by atoms with Crippen LogP contribution < -0.4 is 5.73 Å². The third-order valence-electron chi connectivity index (χ3n) is 2.78. The van der Waals surface area contributed by atoms with Crippen molar-refractivity contribution in [2.24, 2.45) is 0 Å². The number of aromatic amines is 1. The molecule has 0 atom stereocenters. The highest BCUT2D eigenvalue weighted by molar-refractivity contribution is 6.17. The van der Waals surface area contributed by atoms with Crippen LogP contribution in [0.25, 0.3) is 11.0 Å². The summed E-state index contributed by atoms with van der Waals surface area (Å²) in [6, 6.07) is 9.04. The topological polar surface area (TPSA) is 84.7 Å². The molecule has 0 bridgehead atoms. The number of nitrogen functional groups attached to an aromatic ring is 1. The van der Waals surface area contributed by atoms with Crippen LogP contribution in [0.2, 0.25) is 0 Å². The predicted molar refractivity (Wildman–Crippen MR) is 68.2 cm³/mol. The number of carbonyl (C=O) groups excluding carboxylic acids is 1. The summed E-state index contributed by atoms with van der Waals surface area (Å²) >= 11 is 0. The van der Waals surface area contributed by atoms with Crippen molar-refractivity contribution in [3.05, 3.63) is 54.0 Å². The van der Waals surface area contributed by atoms with Gasteiger partial charge in [0.25, 0.3) is 0 Å². The van der Waals surface area contributed by atoms with Crippen molar-refractivity contribution < 1.29 is 4.79 Å². The standard InChI is InChI=1S/C13H10N4O/c14-12-10-9(6-15-13(10)17-7-16-12)11(18)8-4-2-1-3-5-8/h1-7H,(H3,14,15,16,17). The van der Waals surface area contributed by atoms with Crippen LogP contribution >= 0.6 is 0 Å². The normalized spacial score (nSPS) is 10.7. The Morgan fingerprint density at radius 3 is 2.72 bits per heavy atom. The van der Waals surface area contributed by atoms with Gasteiger partial charge in [-0.3, -0.25) is 4.79 Å². The highest BCUT2D eigenvalue weighted by atomic mass is 16.1. The summed E-state index contributed by atoms with van der Waals surface area (Å²) in [5.41, 5.74) is 7.47. The third-order valence-corrected chi connectivity index (χ3v) is 2.78. The first-order chi connectivity index (χ1) is 8.77. The lowest BCUT2D eigenvalue weighted by Gasteiger charge is -2.00. The Morgan fingerprint density at radius 1 is 1.17 bits per heavy atom. The number of hydrogen-bond acceptors (Lipinski definition) is 4. The quantitative estimate of drug-likeness (QED) is 0.666. The van der Waals surface area contributed by atoms with Crippen LogP contribution in [0.1, 0.15) is 15.9 Å². The minimum Gasteiger partial charge on any atom is -0.383 e. The number of nitrogens with zero attached hydrogens (tertiary/aromatic N) is 2. The van der Waals surface area contributed by atoms with Gasteiger partial charge in [-0.05, 0) is 0 Å². The molecule has 3 N–H and O–H groups in total. The van der Waals surface area contributed by atoms with Gasteiger partial charge in [0.2, 0.25) is 0 Å². The van der Waals surface area contributed by atoms with E-state index in [2.05, 4.69) is 15.0 Å². The van der Waals surface area contributed by atoms with Crippen LogP contribution in [0.5, 0.6) is 0 Å². The minimum absolute atomic E-state index is 0.0941. The number of carbonyl (C=O) groups is 1. The lowest BCUT2D eigenvalue weighted by Crippen LogP contribution is -2.02. The van der Waals surface area contributed by atoms with Crippen LogP contribution in [0.3, 0.4) is 0 Å². The second-order valence-electron chi connectivity index (χ2n) is 3.88. The van der Waals surface area contributed by atoms with Crippen molar-refractivity contribution in [3.63, 3.8) is 0 Å². The maximum Gasteiger partial charge on any atom is 0.195 e. The van der Waals surface area contributed by atoms with E-state index in [1.165, 1.54) is 6.33 Å². The molecule has 1 aromatic carbocycles. The van der Waals surface area contributed by atoms with E-state index in [0.717, 1.165) is 0 Å². The van der Waals surface area contributed by atoms with E-state index in [1.54, 1.807) is 18.3 Å². The Labute approximate surface area is 103 Å². The smallest absolute Gasteiger partial charge is 0.195 e. The van der Waals surface area contributed by atoms with E-state index >= 15 is 0 Å². The molecular weight excluding hydrogens is 228 g/mol. The molecule has 0 saturated heterocycles. The first-order valence-corrected chi connectivity index (χ1v) is 5.44. The minimum atomic E-state index is -0.0941. The Bertz CT molecular complexity index is 718. The zero-order chi connectivity index (χ0) is 12.5. The van der Waals surface area contributed by atoms with E-state index < -0.39 is 0 Å². The van der Waals surface area contributed by atoms with Crippen LogP contribution in [0.4, 0.5) is 5.82 Å². The Kier molecular flexibility index (Phi) is 2.30. The van der Waals surface area contributed by atoms with E-state index in [4.69, 9.17) is 5.73 Å². The van der Waals surface area contributed by atoms with Crippen molar-refractivity contribution in [1.82, 2.24) is 15.0 Å². The van der Waals surface area contributed by atoms with Crippen LogP contribution in [-0.4, -0.2) is 20.7 Å². The average molecular weight is 238 g/mol. The van der Waals surface area contributed by atoms with Crippen molar-refractivity contribution in [2.75, 3.05) is 5.73 Å². The van der Waals surface area contributed by atoms with Gasteiger partial charge >= 0.3 is 0 Å². The number of fused-ring (bicyclic) bond motifs is 1. The monoisotopic (exact) mass is 238 g/mol. The molecule has 5 nitrogen and oxygen atoms in total. The van der Waals surface area contributed by atoms with Crippen LogP contribution in [0, 0.1) is 0 Å². The van der Waals surface area contributed by atoms with E-state index in [9.17, 15) is 4.79 Å². The fraction of sp³-hybridized carbons (Fsp3) is 0. The van der Waals surface area contributed by atoms with Gasteiger partial charge in [-0.25, -0.2) is 9.97 Å². The maximum absolute atomic E-state index is 12.3. The SMILES string of the molecule is Nc1ncnc2[nH]cc(C(=O)c3ccccc3)c12.